The number of thiophene rings is 1. The largest absolute Gasteiger partial charge is 0.496 e. The Morgan fingerprint density at radius 1 is 0.974 bits per heavy atom. The van der Waals surface area contributed by atoms with Gasteiger partial charge in [-0.25, -0.2) is 31.9 Å². The third-order valence-electron chi connectivity index (χ3n) is 7.04. The molecule has 0 unspecified atom stereocenters. The fraction of sp³-hybridized carbons (Fsp3) is 0.259. The molecule has 0 radical (unpaired) electrons. The summed E-state index contributed by atoms with van der Waals surface area (Å²) in [5.74, 6) is 0.518. The lowest BCUT2D eigenvalue weighted by Crippen LogP contribution is -2.37. The van der Waals surface area contributed by atoms with Crippen molar-refractivity contribution in [1.82, 2.24) is 18.2 Å². The first kappa shape index (κ1) is 24.7. The van der Waals surface area contributed by atoms with E-state index >= 15 is 0 Å². The summed E-state index contributed by atoms with van der Waals surface area (Å²) in [6, 6.07) is 17.9. The van der Waals surface area contributed by atoms with E-state index in [0.717, 1.165) is 15.0 Å². The van der Waals surface area contributed by atoms with Crippen LogP contribution in [-0.2, 0) is 21.3 Å². The molecule has 1 fully saturated rings. The average Bonchev–Trinajstić information content (AvgIpc) is 3.63. The van der Waals surface area contributed by atoms with Crippen LogP contribution in [0.2, 0.25) is 0 Å². The van der Waals surface area contributed by atoms with Gasteiger partial charge in [0.1, 0.15) is 12.3 Å². The Morgan fingerprint density at radius 3 is 2.37 bits per heavy atom. The Balaban J connectivity index is 1.58. The molecule has 6 rings (SSSR count). The standard InChI is InChI=1S/C27H26N4O5S2/c1-3-36-22-17-28-26(32)30(19-8-5-4-6-9-19)27(33)31(28)21-16-29(25(24(21)22)23-10-7-15-37-23)38(34,35)20-13-11-18(2)12-14-20/h4-15,21,25H,3,16-17H2,1-2H3/t21-,25+/m1/s1. The Morgan fingerprint density at radius 2 is 1.71 bits per heavy atom. The minimum Gasteiger partial charge on any atom is -0.496 e. The lowest BCUT2D eigenvalue weighted by atomic mass is 10.00. The van der Waals surface area contributed by atoms with E-state index in [2.05, 4.69) is 0 Å². The van der Waals surface area contributed by atoms with E-state index in [1.54, 1.807) is 48.5 Å². The second-order valence-corrected chi connectivity index (χ2v) is 12.1. The number of sulfonamides is 1. The van der Waals surface area contributed by atoms with Gasteiger partial charge in [0.25, 0.3) is 0 Å². The number of ether oxygens (including phenoxy) is 1. The van der Waals surface area contributed by atoms with Crippen molar-refractivity contribution in [3.05, 3.63) is 115 Å². The minimum atomic E-state index is -3.96. The van der Waals surface area contributed by atoms with E-state index in [-0.39, 0.29) is 18.0 Å². The van der Waals surface area contributed by atoms with Crippen molar-refractivity contribution in [1.29, 1.82) is 0 Å². The molecular formula is C27H26N4O5S2. The maximum absolute atomic E-state index is 14.1. The molecule has 196 valence electrons. The van der Waals surface area contributed by atoms with Crippen LogP contribution >= 0.6 is 11.3 Å². The van der Waals surface area contributed by atoms with Crippen molar-refractivity contribution >= 4 is 21.4 Å². The Hall–Kier alpha value is -3.67. The quantitative estimate of drug-likeness (QED) is 0.367. The molecule has 9 nitrogen and oxygen atoms in total. The molecule has 1 saturated heterocycles. The first-order valence-corrected chi connectivity index (χ1v) is 14.6. The zero-order chi connectivity index (χ0) is 26.6. The van der Waals surface area contributed by atoms with Gasteiger partial charge < -0.3 is 4.74 Å². The number of aromatic nitrogens is 3. The third kappa shape index (κ3) is 3.72. The highest BCUT2D eigenvalue weighted by atomic mass is 32.2. The van der Waals surface area contributed by atoms with Gasteiger partial charge in [0.05, 0.1) is 29.3 Å². The number of para-hydroxylation sites is 1. The second kappa shape index (κ2) is 9.26. The molecule has 38 heavy (non-hydrogen) atoms. The number of rotatable bonds is 6. The zero-order valence-electron chi connectivity index (χ0n) is 20.9. The molecule has 2 aliphatic heterocycles. The minimum absolute atomic E-state index is 0.0111. The van der Waals surface area contributed by atoms with E-state index in [1.165, 1.54) is 25.0 Å². The maximum atomic E-state index is 14.1. The number of fused-ring (bicyclic) bond motifs is 3. The maximum Gasteiger partial charge on any atom is 0.352 e. The molecule has 0 spiro atoms. The average molecular weight is 551 g/mol. The van der Waals surface area contributed by atoms with Gasteiger partial charge in [-0.15, -0.1) is 11.3 Å². The summed E-state index contributed by atoms with van der Waals surface area (Å²) in [6.45, 7) is 4.11. The number of benzene rings is 2. The highest BCUT2D eigenvalue weighted by Gasteiger charge is 2.51. The van der Waals surface area contributed by atoms with Gasteiger partial charge in [-0.05, 0) is 49.6 Å². The predicted octanol–water partition coefficient (Wildman–Crippen LogP) is 3.46. The molecule has 2 aliphatic rings. The Labute approximate surface area is 223 Å². The van der Waals surface area contributed by atoms with Crippen LogP contribution in [-0.4, -0.2) is 39.8 Å². The van der Waals surface area contributed by atoms with E-state index < -0.39 is 33.5 Å². The summed E-state index contributed by atoms with van der Waals surface area (Å²) in [4.78, 5) is 28.3. The molecule has 0 aliphatic carbocycles. The molecule has 0 bridgehead atoms. The van der Waals surface area contributed by atoms with Crippen molar-refractivity contribution in [2.75, 3.05) is 13.2 Å². The van der Waals surface area contributed by atoms with E-state index in [1.807, 2.05) is 37.4 Å². The number of aryl methyl sites for hydroxylation is 1. The highest BCUT2D eigenvalue weighted by Crippen LogP contribution is 2.49. The fourth-order valence-corrected chi connectivity index (χ4v) is 7.87. The lowest BCUT2D eigenvalue weighted by molar-refractivity contribution is 0.183. The van der Waals surface area contributed by atoms with Crippen LogP contribution < -0.4 is 11.4 Å². The summed E-state index contributed by atoms with van der Waals surface area (Å²) in [5.41, 5.74) is 1.09. The van der Waals surface area contributed by atoms with Crippen LogP contribution in [0, 0.1) is 6.92 Å². The molecule has 11 heteroatoms. The molecule has 0 amide bonds. The smallest absolute Gasteiger partial charge is 0.352 e. The van der Waals surface area contributed by atoms with Crippen molar-refractivity contribution in [2.45, 2.75) is 37.4 Å². The fourth-order valence-electron chi connectivity index (χ4n) is 5.35. The zero-order valence-corrected chi connectivity index (χ0v) is 22.5. The Kier molecular flexibility index (Phi) is 6.01. The van der Waals surface area contributed by atoms with Gasteiger partial charge in [-0.2, -0.15) is 4.31 Å². The molecule has 4 heterocycles. The third-order valence-corrected chi connectivity index (χ3v) is 9.81. The molecule has 2 atom stereocenters. The van der Waals surface area contributed by atoms with Crippen molar-refractivity contribution in [3.63, 3.8) is 0 Å². The van der Waals surface area contributed by atoms with Gasteiger partial charge >= 0.3 is 11.4 Å². The molecular weight excluding hydrogens is 524 g/mol. The molecule has 2 aromatic heterocycles. The van der Waals surface area contributed by atoms with Crippen LogP contribution in [0.5, 0.6) is 0 Å². The highest BCUT2D eigenvalue weighted by molar-refractivity contribution is 7.89. The van der Waals surface area contributed by atoms with Crippen LogP contribution in [0.15, 0.2) is 97.9 Å². The van der Waals surface area contributed by atoms with Crippen molar-refractivity contribution < 1.29 is 13.2 Å². The van der Waals surface area contributed by atoms with Gasteiger partial charge in [0.2, 0.25) is 10.0 Å². The summed E-state index contributed by atoms with van der Waals surface area (Å²) in [5, 5.41) is 1.90. The van der Waals surface area contributed by atoms with E-state index in [9.17, 15) is 18.0 Å². The first-order chi connectivity index (χ1) is 18.3. The van der Waals surface area contributed by atoms with E-state index in [4.69, 9.17) is 4.74 Å². The first-order valence-electron chi connectivity index (χ1n) is 12.3. The summed E-state index contributed by atoms with van der Waals surface area (Å²) in [6.07, 6.45) is 0. The van der Waals surface area contributed by atoms with Gasteiger partial charge in [0.15, 0.2) is 0 Å². The number of allylic oxidation sites excluding steroid dienone is 1. The predicted molar refractivity (Wildman–Crippen MR) is 144 cm³/mol. The number of hydrogen-bond donors (Lipinski definition) is 0. The van der Waals surface area contributed by atoms with Gasteiger partial charge in [-0.1, -0.05) is 42.0 Å². The topological polar surface area (TPSA) is 95.5 Å². The molecule has 4 aromatic rings. The van der Waals surface area contributed by atoms with Crippen molar-refractivity contribution in [2.24, 2.45) is 0 Å². The van der Waals surface area contributed by atoms with Crippen LogP contribution in [0.1, 0.15) is 29.4 Å². The summed E-state index contributed by atoms with van der Waals surface area (Å²) < 4.78 is 39.5. The SMILES string of the molecule is CCOC1=C2[C@H](c3cccs3)N(S(=O)(=O)c3ccc(C)cc3)C[C@H]2n2c(=O)n(-c3ccccc3)c(=O)n2C1. The van der Waals surface area contributed by atoms with Crippen LogP contribution in [0.3, 0.4) is 0 Å². The lowest BCUT2D eigenvalue weighted by Gasteiger charge is -2.28. The van der Waals surface area contributed by atoms with Gasteiger partial charge in [0, 0.05) is 17.0 Å². The number of hydrogen-bond acceptors (Lipinski definition) is 6. The summed E-state index contributed by atoms with van der Waals surface area (Å²) in [7, 11) is -3.96. The normalized spacial score (nSPS) is 19.4. The molecule has 2 aromatic carbocycles. The van der Waals surface area contributed by atoms with E-state index in [0.29, 0.717) is 23.6 Å². The van der Waals surface area contributed by atoms with Gasteiger partial charge in [-0.3, -0.25) is 0 Å². The summed E-state index contributed by atoms with van der Waals surface area (Å²) >= 11 is 1.45. The molecule has 0 N–H and O–H groups in total. The molecule has 0 saturated carbocycles. The Bertz CT molecular complexity index is 1750. The second-order valence-electron chi connectivity index (χ2n) is 9.27. The monoisotopic (exact) mass is 550 g/mol. The van der Waals surface area contributed by atoms with Crippen molar-refractivity contribution in [3.8, 4) is 5.69 Å². The number of nitrogens with zero attached hydrogens (tertiary/aromatic N) is 4. The van der Waals surface area contributed by atoms with Crippen LogP contribution in [0.4, 0.5) is 0 Å². The van der Waals surface area contributed by atoms with Crippen LogP contribution in [0.25, 0.3) is 5.69 Å².